The molecule has 0 aliphatic carbocycles. The summed E-state index contributed by atoms with van der Waals surface area (Å²) in [7, 11) is 0. The van der Waals surface area contributed by atoms with E-state index >= 15 is 0 Å². The van der Waals surface area contributed by atoms with Crippen LogP contribution in [0.3, 0.4) is 0 Å². The second-order valence-electron chi connectivity index (χ2n) is 8.15. The molecule has 0 saturated carbocycles. The molecule has 9 nitrogen and oxygen atoms in total. The van der Waals surface area contributed by atoms with Gasteiger partial charge in [0.25, 0.3) is 17.7 Å². The van der Waals surface area contributed by atoms with Gasteiger partial charge in [-0.1, -0.05) is 6.07 Å². The smallest absolute Gasteiger partial charge is 0.344 e. The molecule has 3 rings (SSSR count). The van der Waals surface area contributed by atoms with Crippen molar-refractivity contribution < 1.29 is 33.4 Å². The number of rotatable bonds is 4. The number of nitrogens with one attached hydrogen (secondary N) is 1. The van der Waals surface area contributed by atoms with E-state index < -0.39 is 47.3 Å². The zero-order valence-electron chi connectivity index (χ0n) is 16.7. The Morgan fingerprint density at radius 1 is 1.17 bits per heavy atom. The van der Waals surface area contributed by atoms with Gasteiger partial charge in [0, 0.05) is 6.42 Å². The lowest BCUT2D eigenvalue weighted by Gasteiger charge is -2.38. The van der Waals surface area contributed by atoms with Crippen molar-refractivity contribution in [1.82, 2.24) is 10.2 Å². The van der Waals surface area contributed by atoms with Crippen LogP contribution in [0.25, 0.3) is 0 Å². The first-order chi connectivity index (χ1) is 13.4. The number of fused-ring (bicyclic) bond motifs is 1. The fourth-order valence-electron chi connectivity index (χ4n) is 3.34. The number of benzene rings is 1. The van der Waals surface area contributed by atoms with Crippen molar-refractivity contribution in [2.45, 2.75) is 51.7 Å². The summed E-state index contributed by atoms with van der Waals surface area (Å²) in [4.78, 5) is 62.7. The molecule has 2 aliphatic rings. The van der Waals surface area contributed by atoms with Gasteiger partial charge in [0.1, 0.15) is 16.9 Å². The van der Waals surface area contributed by atoms with E-state index in [9.17, 15) is 24.0 Å². The predicted octanol–water partition coefficient (Wildman–Crippen LogP) is 1.20. The molecular formula is C20H22N2O7. The Labute approximate surface area is 167 Å². The summed E-state index contributed by atoms with van der Waals surface area (Å²) in [6.45, 7) is 6.14. The SMILES string of the molecule is CC(C)(C)OC(=O)COc1cccc2c1C(=O)N(C1(C)CCC(=O)NC1=O)C2=O. The van der Waals surface area contributed by atoms with Crippen LogP contribution in [0.4, 0.5) is 0 Å². The molecule has 1 aromatic rings. The van der Waals surface area contributed by atoms with E-state index in [1.54, 1.807) is 20.8 Å². The zero-order valence-corrected chi connectivity index (χ0v) is 16.7. The van der Waals surface area contributed by atoms with Crippen LogP contribution in [-0.4, -0.2) is 52.2 Å². The molecule has 0 spiro atoms. The van der Waals surface area contributed by atoms with Crippen molar-refractivity contribution in [3.05, 3.63) is 29.3 Å². The van der Waals surface area contributed by atoms with Gasteiger partial charge in [-0.2, -0.15) is 0 Å². The highest BCUT2D eigenvalue weighted by Gasteiger charge is 2.53. The van der Waals surface area contributed by atoms with Gasteiger partial charge in [0.2, 0.25) is 5.91 Å². The monoisotopic (exact) mass is 402 g/mol. The molecule has 2 aliphatic heterocycles. The Morgan fingerprint density at radius 2 is 1.86 bits per heavy atom. The van der Waals surface area contributed by atoms with E-state index in [0.717, 1.165) is 4.90 Å². The lowest BCUT2D eigenvalue weighted by molar-refractivity contribution is -0.157. The average molecular weight is 402 g/mol. The number of carbonyl (C=O) groups excluding carboxylic acids is 5. The van der Waals surface area contributed by atoms with E-state index in [-0.39, 0.29) is 29.7 Å². The second-order valence-corrected chi connectivity index (χ2v) is 8.15. The molecule has 1 aromatic carbocycles. The molecule has 9 heteroatoms. The van der Waals surface area contributed by atoms with E-state index in [1.807, 2.05) is 0 Å². The topological polar surface area (TPSA) is 119 Å². The maximum absolute atomic E-state index is 13.1. The van der Waals surface area contributed by atoms with Crippen molar-refractivity contribution >= 4 is 29.6 Å². The Balaban J connectivity index is 1.87. The third-order valence-corrected chi connectivity index (χ3v) is 4.72. The second kappa shape index (κ2) is 6.98. The summed E-state index contributed by atoms with van der Waals surface area (Å²) >= 11 is 0. The Kier molecular flexibility index (Phi) is 4.94. The molecule has 2 heterocycles. The summed E-state index contributed by atoms with van der Waals surface area (Å²) in [5.41, 5.74) is -2.14. The minimum Gasteiger partial charge on any atom is -0.481 e. The Morgan fingerprint density at radius 3 is 2.48 bits per heavy atom. The largest absolute Gasteiger partial charge is 0.481 e. The summed E-state index contributed by atoms with van der Waals surface area (Å²) in [6.07, 6.45) is 0.0366. The minimum absolute atomic E-state index is 0.0116. The van der Waals surface area contributed by atoms with E-state index in [0.29, 0.717) is 0 Å². The predicted molar refractivity (Wildman–Crippen MR) is 99.1 cm³/mol. The number of carbonyl (C=O) groups is 5. The van der Waals surface area contributed by atoms with Crippen molar-refractivity contribution in [3.8, 4) is 5.75 Å². The highest BCUT2D eigenvalue weighted by Crippen LogP contribution is 2.37. The normalized spacial score (nSPS) is 21.7. The first-order valence-corrected chi connectivity index (χ1v) is 9.15. The fourth-order valence-corrected chi connectivity index (χ4v) is 3.34. The molecule has 29 heavy (non-hydrogen) atoms. The molecular weight excluding hydrogens is 380 g/mol. The lowest BCUT2D eigenvalue weighted by atomic mass is 9.89. The Bertz CT molecular complexity index is 931. The van der Waals surface area contributed by atoms with Crippen LogP contribution in [-0.2, 0) is 19.1 Å². The van der Waals surface area contributed by atoms with Crippen LogP contribution in [0, 0.1) is 0 Å². The van der Waals surface area contributed by atoms with Crippen molar-refractivity contribution in [2.24, 2.45) is 0 Å². The first kappa shape index (κ1) is 20.5. The van der Waals surface area contributed by atoms with E-state index in [1.165, 1.54) is 25.1 Å². The van der Waals surface area contributed by atoms with Gasteiger partial charge in [0.05, 0.1) is 11.1 Å². The van der Waals surface area contributed by atoms with Crippen LogP contribution < -0.4 is 10.1 Å². The van der Waals surface area contributed by atoms with Crippen LogP contribution in [0.2, 0.25) is 0 Å². The summed E-state index contributed by atoms with van der Waals surface area (Å²) in [5.74, 6) is -3.10. The maximum atomic E-state index is 13.1. The molecule has 4 amide bonds. The molecule has 0 bridgehead atoms. The van der Waals surface area contributed by atoms with Crippen molar-refractivity contribution in [3.63, 3.8) is 0 Å². The number of piperidine rings is 1. The molecule has 1 N–H and O–H groups in total. The molecule has 1 fully saturated rings. The first-order valence-electron chi connectivity index (χ1n) is 9.15. The molecule has 154 valence electrons. The minimum atomic E-state index is -1.50. The number of imide groups is 2. The number of hydrogen-bond acceptors (Lipinski definition) is 7. The van der Waals surface area contributed by atoms with Crippen LogP contribution in [0.5, 0.6) is 5.75 Å². The highest BCUT2D eigenvalue weighted by molar-refractivity contribution is 6.25. The lowest BCUT2D eigenvalue weighted by Crippen LogP contribution is -2.62. The zero-order chi connectivity index (χ0) is 21.6. The van der Waals surface area contributed by atoms with Crippen LogP contribution >= 0.6 is 0 Å². The third-order valence-electron chi connectivity index (χ3n) is 4.72. The number of amides is 4. The number of hydrogen-bond donors (Lipinski definition) is 1. The number of esters is 1. The van der Waals surface area contributed by atoms with E-state index in [4.69, 9.17) is 9.47 Å². The van der Waals surface area contributed by atoms with E-state index in [2.05, 4.69) is 5.32 Å². The van der Waals surface area contributed by atoms with Gasteiger partial charge in [0.15, 0.2) is 6.61 Å². The summed E-state index contributed by atoms with van der Waals surface area (Å²) in [5, 5.41) is 2.17. The van der Waals surface area contributed by atoms with Crippen LogP contribution in [0.15, 0.2) is 18.2 Å². The summed E-state index contributed by atoms with van der Waals surface area (Å²) in [6, 6.07) is 4.43. The number of nitrogens with zero attached hydrogens (tertiary/aromatic N) is 1. The van der Waals surface area contributed by atoms with Gasteiger partial charge in [-0.15, -0.1) is 0 Å². The molecule has 1 unspecified atom stereocenters. The summed E-state index contributed by atoms with van der Waals surface area (Å²) < 4.78 is 10.6. The Hall–Kier alpha value is -3.23. The van der Waals surface area contributed by atoms with Crippen molar-refractivity contribution in [2.75, 3.05) is 6.61 Å². The van der Waals surface area contributed by atoms with Gasteiger partial charge in [-0.3, -0.25) is 29.4 Å². The highest BCUT2D eigenvalue weighted by atomic mass is 16.6. The quantitative estimate of drug-likeness (QED) is 0.594. The molecule has 1 saturated heterocycles. The van der Waals surface area contributed by atoms with Gasteiger partial charge in [-0.25, -0.2) is 4.79 Å². The fraction of sp³-hybridized carbons (Fsp3) is 0.450. The van der Waals surface area contributed by atoms with Gasteiger partial charge < -0.3 is 9.47 Å². The molecule has 1 atom stereocenters. The third kappa shape index (κ3) is 3.72. The maximum Gasteiger partial charge on any atom is 0.344 e. The van der Waals surface area contributed by atoms with Gasteiger partial charge >= 0.3 is 5.97 Å². The number of ether oxygens (including phenoxy) is 2. The average Bonchev–Trinajstić information content (AvgIpc) is 2.87. The van der Waals surface area contributed by atoms with Crippen molar-refractivity contribution in [1.29, 1.82) is 0 Å². The molecule has 0 aromatic heterocycles. The van der Waals surface area contributed by atoms with Gasteiger partial charge in [-0.05, 0) is 46.2 Å². The standard InChI is InChI=1S/C20H22N2O7/c1-19(2,3)29-14(24)10-28-12-7-5-6-11-15(12)17(26)22(16(11)25)20(4)9-8-13(23)21-18(20)27/h5-7H,8-10H2,1-4H3,(H,21,23,27). The van der Waals surface area contributed by atoms with Crippen LogP contribution in [0.1, 0.15) is 61.3 Å². The molecule has 0 radical (unpaired) electrons.